The molecule has 0 saturated carbocycles. The highest BCUT2D eigenvalue weighted by molar-refractivity contribution is 6.60. The molecular formula is C21H45N2O6Si2+. The Labute approximate surface area is 191 Å². The molecule has 2 unspecified atom stereocenters. The van der Waals surface area contributed by atoms with Crippen molar-refractivity contribution in [1.29, 1.82) is 0 Å². The van der Waals surface area contributed by atoms with Gasteiger partial charge in [0.1, 0.15) is 24.5 Å². The molecule has 2 atom stereocenters. The number of nitrogens with zero attached hydrogens (tertiary/aromatic N) is 2. The second-order valence-corrected chi connectivity index (χ2v) is 14.0. The third-order valence-corrected chi connectivity index (χ3v) is 12.0. The fourth-order valence-corrected chi connectivity index (χ4v) is 7.66. The Morgan fingerprint density at radius 2 is 1.23 bits per heavy atom. The molecule has 182 valence electrons. The van der Waals surface area contributed by atoms with E-state index in [2.05, 4.69) is 41.7 Å². The maximum atomic E-state index is 5.55. The second kappa shape index (κ2) is 14.5. The lowest BCUT2D eigenvalue weighted by Gasteiger charge is -2.25. The number of hydrogen-bond donors (Lipinski definition) is 0. The van der Waals surface area contributed by atoms with Gasteiger partial charge < -0.3 is 26.6 Å². The largest absolute Gasteiger partial charge is 0.500 e. The third-order valence-electron chi connectivity index (χ3n) is 6.37. The molecule has 1 heterocycles. The van der Waals surface area contributed by atoms with Crippen LogP contribution in [0.4, 0.5) is 0 Å². The normalized spacial score (nSPS) is 14.7. The Kier molecular flexibility index (Phi) is 13.3. The summed E-state index contributed by atoms with van der Waals surface area (Å²) in [6.45, 7) is 4.48. The zero-order valence-electron chi connectivity index (χ0n) is 20.9. The van der Waals surface area contributed by atoms with Gasteiger partial charge in [-0.3, -0.25) is 0 Å². The Morgan fingerprint density at radius 1 is 0.742 bits per heavy atom. The fraction of sp³-hybridized carbons (Fsp3) is 0.857. The standard InChI is InChI=1S/C21H45N2O6Si2/c1-9-20(13-11-17-30(24-3,25-4)26-5)22-15-16-23(19-22)21(10-2)14-12-18-31(27-6,28-7)29-8/h15-16,19-21H,9-14,17-18H2,1-8H3/q+1. The average molecular weight is 478 g/mol. The monoisotopic (exact) mass is 477 g/mol. The van der Waals surface area contributed by atoms with Crippen molar-refractivity contribution < 1.29 is 31.1 Å². The first-order valence-corrected chi connectivity index (χ1v) is 15.2. The van der Waals surface area contributed by atoms with E-state index in [4.69, 9.17) is 26.6 Å². The lowest BCUT2D eigenvalue weighted by molar-refractivity contribution is -0.723. The summed E-state index contributed by atoms with van der Waals surface area (Å²) in [7, 11) is 5.05. The summed E-state index contributed by atoms with van der Waals surface area (Å²) in [6.07, 6.45) is 13.0. The van der Waals surface area contributed by atoms with Gasteiger partial charge in [0.15, 0.2) is 0 Å². The van der Waals surface area contributed by atoms with E-state index in [0.717, 1.165) is 50.6 Å². The van der Waals surface area contributed by atoms with Crippen LogP contribution in [-0.4, -0.2) is 64.8 Å². The van der Waals surface area contributed by atoms with Gasteiger partial charge in [0.2, 0.25) is 6.33 Å². The summed E-state index contributed by atoms with van der Waals surface area (Å²) in [6, 6.07) is 2.56. The molecule has 8 nitrogen and oxygen atoms in total. The predicted molar refractivity (Wildman–Crippen MR) is 125 cm³/mol. The van der Waals surface area contributed by atoms with Crippen molar-refractivity contribution in [2.24, 2.45) is 0 Å². The molecule has 1 rings (SSSR count). The Balaban J connectivity index is 2.68. The lowest BCUT2D eigenvalue weighted by Crippen LogP contribution is -2.43. The minimum atomic E-state index is -2.50. The number of hydrogen-bond acceptors (Lipinski definition) is 6. The zero-order valence-corrected chi connectivity index (χ0v) is 22.9. The van der Waals surface area contributed by atoms with Crippen molar-refractivity contribution in [2.45, 2.75) is 76.5 Å². The van der Waals surface area contributed by atoms with Gasteiger partial charge in [0.25, 0.3) is 0 Å². The van der Waals surface area contributed by atoms with Crippen LogP contribution in [-0.2, 0) is 26.6 Å². The maximum Gasteiger partial charge on any atom is 0.500 e. The van der Waals surface area contributed by atoms with Crippen LogP contribution in [0.3, 0.4) is 0 Å². The Bertz CT molecular complexity index is 531. The molecule has 0 spiro atoms. The fourth-order valence-electron chi connectivity index (χ4n) is 4.17. The predicted octanol–water partition coefficient (Wildman–Crippen LogP) is 3.99. The van der Waals surface area contributed by atoms with E-state index < -0.39 is 17.6 Å². The first-order chi connectivity index (χ1) is 14.9. The first-order valence-electron chi connectivity index (χ1n) is 11.3. The van der Waals surface area contributed by atoms with E-state index in [1.54, 1.807) is 42.7 Å². The highest BCUT2D eigenvalue weighted by Crippen LogP contribution is 2.24. The van der Waals surface area contributed by atoms with Crippen molar-refractivity contribution in [3.05, 3.63) is 18.7 Å². The molecule has 31 heavy (non-hydrogen) atoms. The van der Waals surface area contributed by atoms with Crippen LogP contribution in [0.25, 0.3) is 0 Å². The molecule has 0 saturated heterocycles. The molecule has 0 radical (unpaired) electrons. The van der Waals surface area contributed by atoms with Gasteiger partial charge in [-0.2, -0.15) is 0 Å². The van der Waals surface area contributed by atoms with Gasteiger partial charge >= 0.3 is 17.6 Å². The van der Waals surface area contributed by atoms with E-state index in [1.165, 1.54) is 0 Å². The van der Waals surface area contributed by atoms with Crippen LogP contribution in [0.1, 0.15) is 64.5 Å². The van der Waals surface area contributed by atoms with Gasteiger partial charge in [-0.25, -0.2) is 9.13 Å². The second-order valence-electron chi connectivity index (χ2n) is 7.81. The minimum Gasteiger partial charge on any atom is -0.377 e. The molecular weight excluding hydrogens is 432 g/mol. The van der Waals surface area contributed by atoms with E-state index in [-0.39, 0.29) is 0 Å². The van der Waals surface area contributed by atoms with Crippen LogP contribution in [0.15, 0.2) is 18.7 Å². The van der Waals surface area contributed by atoms with Crippen molar-refractivity contribution in [3.8, 4) is 0 Å². The molecule has 0 aliphatic rings. The number of rotatable bonds is 18. The topological polar surface area (TPSA) is 64.2 Å². The van der Waals surface area contributed by atoms with Crippen LogP contribution >= 0.6 is 0 Å². The molecule has 0 N–H and O–H groups in total. The van der Waals surface area contributed by atoms with Crippen molar-refractivity contribution in [2.75, 3.05) is 42.7 Å². The molecule has 1 aromatic rings. The van der Waals surface area contributed by atoms with E-state index in [1.807, 2.05) is 0 Å². The molecule has 0 aromatic carbocycles. The average Bonchev–Trinajstić information content (AvgIpc) is 3.30. The summed E-state index contributed by atoms with van der Waals surface area (Å²) in [5.41, 5.74) is 0. The quantitative estimate of drug-likeness (QED) is 0.235. The zero-order chi connectivity index (χ0) is 23.3. The lowest BCUT2D eigenvalue weighted by atomic mass is 10.1. The molecule has 0 aliphatic heterocycles. The summed E-state index contributed by atoms with van der Waals surface area (Å²) in [5, 5.41) is 0. The molecule has 0 bridgehead atoms. The summed E-state index contributed by atoms with van der Waals surface area (Å²) in [4.78, 5) is 0. The van der Waals surface area contributed by atoms with Crippen molar-refractivity contribution in [3.63, 3.8) is 0 Å². The van der Waals surface area contributed by atoms with Crippen molar-refractivity contribution in [1.82, 2.24) is 4.57 Å². The van der Waals surface area contributed by atoms with Crippen LogP contribution in [0.2, 0.25) is 12.1 Å². The number of aromatic nitrogens is 2. The maximum absolute atomic E-state index is 5.55. The van der Waals surface area contributed by atoms with Gasteiger partial charge in [0, 0.05) is 54.7 Å². The van der Waals surface area contributed by atoms with Gasteiger partial charge in [-0.1, -0.05) is 13.8 Å². The summed E-state index contributed by atoms with van der Waals surface area (Å²) >= 11 is 0. The minimum absolute atomic E-state index is 0.451. The molecule has 0 aliphatic carbocycles. The molecule has 10 heteroatoms. The van der Waals surface area contributed by atoms with E-state index >= 15 is 0 Å². The Hall–Kier alpha value is -0.596. The van der Waals surface area contributed by atoms with E-state index in [9.17, 15) is 0 Å². The van der Waals surface area contributed by atoms with Gasteiger partial charge in [0.05, 0.1) is 0 Å². The Morgan fingerprint density at radius 3 is 1.65 bits per heavy atom. The molecule has 0 fully saturated rings. The molecule has 0 amide bonds. The highest BCUT2D eigenvalue weighted by Gasteiger charge is 2.38. The van der Waals surface area contributed by atoms with E-state index in [0.29, 0.717) is 12.1 Å². The summed E-state index contributed by atoms with van der Waals surface area (Å²) < 4.78 is 38.0. The van der Waals surface area contributed by atoms with Crippen LogP contribution in [0.5, 0.6) is 0 Å². The molecule has 1 aromatic heterocycles. The van der Waals surface area contributed by atoms with Crippen LogP contribution < -0.4 is 4.57 Å². The first kappa shape index (κ1) is 28.4. The van der Waals surface area contributed by atoms with Crippen LogP contribution in [0, 0.1) is 0 Å². The van der Waals surface area contributed by atoms with Crippen molar-refractivity contribution >= 4 is 17.6 Å². The van der Waals surface area contributed by atoms with Gasteiger partial charge in [-0.15, -0.1) is 0 Å². The van der Waals surface area contributed by atoms with Gasteiger partial charge in [-0.05, 0) is 38.5 Å². The number of imidazole rings is 1. The third kappa shape index (κ3) is 8.04. The summed E-state index contributed by atoms with van der Waals surface area (Å²) in [5.74, 6) is 0. The SMILES string of the molecule is CCC(CCC[Si](OC)(OC)OC)n1cc[n+](C(CC)CCC[Si](OC)(OC)OC)c1. The smallest absolute Gasteiger partial charge is 0.377 e. The highest BCUT2D eigenvalue weighted by atomic mass is 28.4.